The molecule has 0 nitrogen and oxygen atoms in total. The summed E-state index contributed by atoms with van der Waals surface area (Å²) in [4.78, 5) is 0. The summed E-state index contributed by atoms with van der Waals surface area (Å²) >= 11 is -3.73. The molecule has 0 bridgehead atoms. The second-order valence-corrected chi connectivity index (χ2v) is 34.5. The van der Waals surface area contributed by atoms with E-state index in [1.54, 1.807) is 24.3 Å². The maximum atomic E-state index is 13.6. The van der Waals surface area contributed by atoms with Crippen LogP contribution in [0.25, 0.3) is 34.4 Å². The first kappa shape index (κ1) is 42.0. The Balaban J connectivity index is 0.00000257. The number of hydrogen-bond acceptors (Lipinski definition) is 0. The Morgan fingerprint density at radius 2 is 0.836 bits per heavy atom. The van der Waals surface area contributed by atoms with Gasteiger partial charge >= 0.3 is 315 Å². The summed E-state index contributed by atoms with van der Waals surface area (Å²) in [5, 5.41) is 0. The van der Waals surface area contributed by atoms with Crippen LogP contribution in [0, 0.1) is 10.8 Å². The molecule has 0 radical (unpaired) electrons. The first-order chi connectivity index (χ1) is 24.8. The van der Waals surface area contributed by atoms with Crippen molar-refractivity contribution < 1.29 is 71.1 Å². The zero-order valence-electron chi connectivity index (χ0n) is 31.9. The van der Waals surface area contributed by atoms with E-state index in [0.29, 0.717) is 14.7 Å². The Hall–Kier alpha value is -2.61. The number of rotatable bonds is 4. The zero-order valence-corrected chi connectivity index (χ0v) is 37.0. The van der Waals surface area contributed by atoms with Crippen LogP contribution < -0.4 is 24.8 Å². The Kier molecular flexibility index (Phi) is 11.0. The third-order valence-electron chi connectivity index (χ3n) is 12.8. The van der Waals surface area contributed by atoms with E-state index in [-0.39, 0.29) is 35.6 Å². The molecule has 8 rings (SSSR count). The molecular formula is C46H46Cl2F6Hf. The first-order valence-electron chi connectivity index (χ1n) is 18.9. The predicted molar refractivity (Wildman–Crippen MR) is 200 cm³/mol. The molecular weight excluding hydrogens is 916 g/mol. The Bertz CT molecular complexity index is 1990. The molecule has 9 heteroatoms. The van der Waals surface area contributed by atoms with Crippen molar-refractivity contribution in [2.45, 2.75) is 94.3 Å². The number of fused-ring (bicyclic) bond motifs is 3. The largest absolute Gasteiger partial charge is 1.00 e. The van der Waals surface area contributed by atoms with Crippen molar-refractivity contribution in [3.63, 3.8) is 0 Å². The van der Waals surface area contributed by atoms with Gasteiger partial charge in [0.1, 0.15) is 0 Å². The second-order valence-electron chi connectivity index (χ2n) is 17.8. The van der Waals surface area contributed by atoms with Gasteiger partial charge in [0.2, 0.25) is 0 Å². The van der Waals surface area contributed by atoms with Crippen LogP contribution in [0.2, 0.25) is 7.35 Å². The number of benzene rings is 4. The monoisotopic (exact) mass is 962 g/mol. The molecule has 1 saturated heterocycles. The fourth-order valence-corrected chi connectivity index (χ4v) is 47.4. The van der Waals surface area contributed by atoms with Crippen LogP contribution >= 0.6 is 0 Å². The minimum atomic E-state index is -4.40. The van der Waals surface area contributed by atoms with E-state index in [1.165, 1.54) is 72.2 Å². The molecule has 0 N–H and O–H groups in total. The fraction of sp³-hybridized carbons (Fsp3) is 0.391. The molecule has 2 fully saturated rings. The smallest absolute Gasteiger partial charge is 1.00 e. The summed E-state index contributed by atoms with van der Waals surface area (Å²) in [5.41, 5.74) is 9.94. The number of allylic oxidation sites excluding steroid dienone is 2. The second kappa shape index (κ2) is 14.3. The summed E-state index contributed by atoms with van der Waals surface area (Å²) in [6.07, 6.45) is 1.000. The van der Waals surface area contributed by atoms with Gasteiger partial charge in [-0.25, -0.2) is 0 Å². The summed E-state index contributed by atoms with van der Waals surface area (Å²) in [6.45, 7) is 13.9. The Morgan fingerprint density at radius 3 is 1.15 bits per heavy atom. The third-order valence-corrected chi connectivity index (χ3v) is 37.3. The Morgan fingerprint density at radius 1 is 0.491 bits per heavy atom. The molecule has 0 aromatic heterocycles. The van der Waals surface area contributed by atoms with Crippen molar-refractivity contribution in [1.82, 2.24) is 0 Å². The third kappa shape index (κ3) is 6.94. The molecule has 3 aliphatic carbocycles. The fourth-order valence-electron chi connectivity index (χ4n) is 10.6. The van der Waals surface area contributed by atoms with E-state index in [4.69, 9.17) is 0 Å². The van der Waals surface area contributed by atoms with E-state index in [2.05, 4.69) is 90.1 Å². The van der Waals surface area contributed by atoms with Gasteiger partial charge < -0.3 is 24.8 Å². The summed E-state index contributed by atoms with van der Waals surface area (Å²) in [5.74, 6) is 0. The molecule has 1 heterocycles. The molecule has 4 unspecified atom stereocenters. The van der Waals surface area contributed by atoms with Crippen LogP contribution in [0.15, 0.2) is 96.1 Å². The maximum absolute atomic E-state index is 13.6. The van der Waals surface area contributed by atoms with Crippen molar-refractivity contribution >= 4 is 12.2 Å². The minimum absolute atomic E-state index is 0. The number of hydrogen-bond donors (Lipinski definition) is 0. The van der Waals surface area contributed by atoms with Crippen molar-refractivity contribution in [3.05, 3.63) is 129 Å². The maximum Gasteiger partial charge on any atom is -1.00 e. The predicted octanol–water partition coefficient (Wildman–Crippen LogP) is 9.05. The van der Waals surface area contributed by atoms with E-state index < -0.39 is 43.4 Å². The van der Waals surface area contributed by atoms with Gasteiger partial charge in [0.15, 0.2) is 0 Å². The van der Waals surface area contributed by atoms with E-state index in [9.17, 15) is 26.3 Å². The molecule has 4 aromatic rings. The molecule has 4 aliphatic rings. The molecule has 4 aromatic carbocycles. The Labute approximate surface area is 338 Å². The van der Waals surface area contributed by atoms with Crippen molar-refractivity contribution in [1.29, 1.82) is 0 Å². The SMILES string of the molecule is CC(C)(C)C1=Cc2c(-c3ccc(C(F)(F)F)cc3)cccc2[CH]1[Hf+2]1([CH]2C(C(C)(C)C)=Cc3c(-c4ccc(C(F)(F)F)cc4)cccc32)[CH]2CCCC[CH]21.[Cl-].[Cl-]. The van der Waals surface area contributed by atoms with Gasteiger partial charge in [0.05, 0.1) is 0 Å². The average molecular weight is 962 g/mol. The molecule has 290 valence electrons. The molecule has 1 aliphatic heterocycles. The van der Waals surface area contributed by atoms with Gasteiger partial charge in [0, 0.05) is 0 Å². The van der Waals surface area contributed by atoms with Crippen LogP contribution in [0.5, 0.6) is 0 Å². The molecule has 55 heavy (non-hydrogen) atoms. The van der Waals surface area contributed by atoms with E-state index >= 15 is 0 Å². The average Bonchev–Trinajstić information content (AvgIpc) is 3.35. The van der Waals surface area contributed by atoms with Gasteiger partial charge in [0.25, 0.3) is 0 Å². The van der Waals surface area contributed by atoms with Crippen LogP contribution in [-0.2, 0) is 32.3 Å². The van der Waals surface area contributed by atoms with E-state index in [0.717, 1.165) is 33.4 Å². The summed E-state index contributed by atoms with van der Waals surface area (Å²) in [6, 6.07) is 24.2. The molecule has 1 saturated carbocycles. The molecule has 0 spiro atoms. The standard InChI is InChI=1S/2C20H18F3.C6H10.2ClH.Hf/c2*1-19(2,3)16-11-14-5-4-6-17(18(14)12-16)13-7-9-15(10-8-13)20(21,22)23;1-2-4-6-5-3-1;;;/h2*4-12H,1-3H3;1-2H,3-6H2;2*1H;/q;;;;;+2/p-2. The first-order valence-corrected chi connectivity index (χ1v) is 27.2. The van der Waals surface area contributed by atoms with Gasteiger partial charge in [-0.3, -0.25) is 0 Å². The molecule has 0 amide bonds. The van der Waals surface area contributed by atoms with Crippen LogP contribution in [0.3, 0.4) is 0 Å². The van der Waals surface area contributed by atoms with Gasteiger partial charge in [-0.2, -0.15) is 0 Å². The van der Waals surface area contributed by atoms with Gasteiger partial charge in [-0.1, -0.05) is 0 Å². The van der Waals surface area contributed by atoms with Crippen molar-refractivity contribution in [3.8, 4) is 22.3 Å². The van der Waals surface area contributed by atoms with Gasteiger partial charge in [-0.05, 0) is 0 Å². The zero-order chi connectivity index (χ0) is 37.9. The van der Waals surface area contributed by atoms with Crippen molar-refractivity contribution in [2.24, 2.45) is 10.8 Å². The quantitative estimate of drug-likeness (QED) is 0.142. The van der Waals surface area contributed by atoms with Crippen molar-refractivity contribution in [2.75, 3.05) is 0 Å². The van der Waals surface area contributed by atoms with Gasteiger partial charge in [-0.15, -0.1) is 0 Å². The molecule has 4 atom stereocenters. The summed E-state index contributed by atoms with van der Waals surface area (Å²) < 4.78 is 83.4. The van der Waals surface area contributed by atoms with Crippen LogP contribution in [-0.4, -0.2) is 0 Å². The van der Waals surface area contributed by atoms with E-state index in [1.807, 2.05) is 0 Å². The van der Waals surface area contributed by atoms with Crippen LogP contribution in [0.4, 0.5) is 26.3 Å². The van der Waals surface area contributed by atoms with Crippen LogP contribution in [0.1, 0.15) is 108 Å². The number of halogens is 8. The minimum Gasteiger partial charge on any atom is -1.00 e. The number of alkyl halides is 6. The normalized spacial score (nSPS) is 23.3. The topological polar surface area (TPSA) is 0 Å². The summed E-state index contributed by atoms with van der Waals surface area (Å²) in [7, 11) is 0.